The van der Waals surface area contributed by atoms with Gasteiger partial charge >= 0.3 is 6.03 Å². The van der Waals surface area contributed by atoms with Crippen molar-refractivity contribution in [3.63, 3.8) is 0 Å². The number of hydrogen-bond donors (Lipinski definition) is 2. The van der Waals surface area contributed by atoms with Crippen LogP contribution in [0.5, 0.6) is 0 Å². The van der Waals surface area contributed by atoms with Gasteiger partial charge < -0.3 is 15.5 Å². The minimum atomic E-state index is -3.40. The van der Waals surface area contributed by atoms with Crippen molar-refractivity contribution in [1.29, 1.82) is 0 Å². The highest BCUT2D eigenvalue weighted by Crippen LogP contribution is 2.31. The zero-order valence-corrected chi connectivity index (χ0v) is 15.7. The molecule has 1 atom stereocenters. The quantitative estimate of drug-likeness (QED) is 0.845. The van der Waals surface area contributed by atoms with Gasteiger partial charge in [0, 0.05) is 31.1 Å². The number of nitrogens with one attached hydrogen (secondary N) is 2. The number of nitrogens with zero attached hydrogens (tertiary/aromatic N) is 1. The molecule has 0 radical (unpaired) electrons. The molecule has 2 amide bonds. The summed E-state index contributed by atoms with van der Waals surface area (Å²) >= 11 is 0. The Morgan fingerprint density at radius 1 is 1.15 bits per heavy atom. The number of benzene rings is 2. The molecule has 0 aromatic heterocycles. The van der Waals surface area contributed by atoms with Gasteiger partial charge in [0.15, 0.2) is 9.84 Å². The van der Waals surface area contributed by atoms with Crippen LogP contribution < -0.4 is 15.5 Å². The van der Waals surface area contributed by atoms with Crippen LogP contribution in [0, 0.1) is 0 Å². The van der Waals surface area contributed by atoms with Crippen molar-refractivity contribution in [3.05, 3.63) is 54.1 Å². The lowest BCUT2D eigenvalue weighted by atomic mass is 10.1. The van der Waals surface area contributed by atoms with Crippen LogP contribution in [-0.2, 0) is 16.3 Å². The van der Waals surface area contributed by atoms with Gasteiger partial charge in [0.2, 0.25) is 0 Å². The predicted molar refractivity (Wildman–Crippen MR) is 104 cm³/mol. The molecular formula is C19H23N3O3S. The summed E-state index contributed by atoms with van der Waals surface area (Å²) in [5.41, 5.74) is 2.82. The van der Waals surface area contributed by atoms with Gasteiger partial charge in [-0.3, -0.25) is 0 Å². The smallest absolute Gasteiger partial charge is 0.319 e. The van der Waals surface area contributed by atoms with Crippen LogP contribution in [0.2, 0.25) is 0 Å². The van der Waals surface area contributed by atoms with Gasteiger partial charge in [-0.15, -0.1) is 0 Å². The second kappa shape index (κ2) is 7.37. The van der Waals surface area contributed by atoms with E-state index in [0.29, 0.717) is 19.1 Å². The van der Waals surface area contributed by atoms with Crippen molar-refractivity contribution in [1.82, 2.24) is 5.32 Å². The zero-order chi connectivity index (χ0) is 18.7. The van der Waals surface area contributed by atoms with Gasteiger partial charge in [0.25, 0.3) is 0 Å². The van der Waals surface area contributed by atoms with E-state index in [1.807, 2.05) is 12.1 Å². The minimum absolute atomic E-state index is 0.109. The second-order valence-corrected chi connectivity index (χ2v) is 8.51. The van der Waals surface area contributed by atoms with Gasteiger partial charge in [0.1, 0.15) is 0 Å². The van der Waals surface area contributed by atoms with Crippen LogP contribution in [0.3, 0.4) is 0 Å². The Morgan fingerprint density at radius 2 is 1.85 bits per heavy atom. The molecule has 0 saturated carbocycles. The molecule has 2 aromatic carbocycles. The summed E-state index contributed by atoms with van der Waals surface area (Å²) in [6.07, 6.45) is 2.13. The molecule has 1 heterocycles. The third kappa shape index (κ3) is 3.99. The summed E-state index contributed by atoms with van der Waals surface area (Å²) in [5, 5.41) is 5.43. The lowest BCUT2D eigenvalue weighted by Gasteiger charge is -2.25. The molecule has 1 aliphatic heterocycles. The molecule has 1 aliphatic rings. The van der Waals surface area contributed by atoms with Crippen molar-refractivity contribution >= 4 is 27.2 Å². The summed E-state index contributed by atoms with van der Waals surface area (Å²) in [4.78, 5) is 14.5. The van der Waals surface area contributed by atoms with Crippen molar-refractivity contribution in [2.75, 3.05) is 29.6 Å². The number of sulfone groups is 1. The predicted octanol–water partition coefficient (Wildman–Crippen LogP) is 2.66. The van der Waals surface area contributed by atoms with Gasteiger partial charge in [-0.25, -0.2) is 13.2 Å². The van der Waals surface area contributed by atoms with E-state index in [2.05, 4.69) is 34.6 Å². The highest BCUT2D eigenvalue weighted by atomic mass is 32.2. The highest BCUT2D eigenvalue weighted by Gasteiger charge is 2.25. The first-order valence-electron chi connectivity index (χ1n) is 8.55. The average molecular weight is 373 g/mol. The number of amides is 2. The van der Waals surface area contributed by atoms with E-state index < -0.39 is 15.9 Å². The molecular weight excluding hydrogens is 350 g/mol. The maximum atomic E-state index is 12.2. The fourth-order valence-corrected chi connectivity index (χ4v) is 4.16. The molecule has 7 heteroatoms. The lowest BCUT2D eigenvalue weighted by molar-refractivity contribution is 0.252. The van der Waals surface area contributed by atoms with E-state index in [0.717, 1.165) is 12.7 Å². The van der Waals surface area contributed by atoms with Crippen LogP contribution in [-0.4, -0.2) is 39.8 Å². The van der Waals surface area contributed by atoms with Crippen molar-refractivity contribution in [2.24, 2.45) is 0 Å². The number of carbonyl (C=O) groups excluding carboxylic acids is 1. The van der Waals surface area contributed by atoms with Crippen LogP contribution >= 0.6 is 0 Å². The number of urea groups is 1. The lowest BCUT2D eigenvalue weighted by Crippen LogP contribution is -2.39. The first-order valence-corrected chi connectivity index (χ1v) is 10.4. The van der Waals surface area contributed by atoms with Gasteiger partial charge in [-0.1, -0.05) is 30.3 Å². The number of fused-ring (bicyclic) bond motifs is 1. The topological polar surface area (TPSA) is 78.5 Å². The summed E-state index contributed by atoms with van der Waals surface area (Å²) < 4.78 is 23.6. The van der Waals surface area contributed by atoms with E-state index in [1.165, 1.54) is 17.3 Å². The molecule has 26 heavy (non-hydrogen) atoms. The van der Waals surface area contributed by atoms with E-state index >= 15 is 0 Å². The highest BCUT2D eigenvalue weighted by molar-refractivity contribution is 7.90. The van der Waals surface area contributed by atoms with E-state index in [4.69, 9.17) is 0 Å². The molecule has 2 N–H and O–H groups in total. The number of rotatable bonds is 5. The molecule has 0 saturated heterocycles. The molecule has 0 bridgehead atoms. The third-order valence-electron chi connectivity index (χ3n) is 4.52. The molecule has 0 spiro atoms. The van der Waals surface area contributed by atoms with Gasteiger partial charge in [-0.2, -0.15) is 0 Å². The Hall–Kier alpha value is -2.54. The number of carbonyl (C=O) groups is 1. The van der Waals surface area contributed by atoms with Gasteiger partial charge in [0.05, 0.1) is 10.6 Å². The standard InChI is InChI=1S/C19H23N3O3S/c1-14-13-15-7-3-5-9-17(15)22(14)12-11-20-19(23)21-16-8-4-6-10-18(16)26(2,24)25/h3-10,14H,11-13H2,1-2H3,(H2,20,21,23). The minimum Gasteiger partial charge on any atom is -0.367 e. The SMILES string of the molecule is CC1Cc2ccccc2N1CCNC(=O)Nc1ccccc1S(C)(=O)=O. The van der Waals surface area contributed by atoms with Crippen molar-refractivity contribution in [3.8, 4) is 0 Å². The summed E-state index contributed by atoms with van der Waals surface area (Å²) in [6, 6.07) is 14.6. The van der Waals surface area contributed by atoms with E-state index in [1.54, 1.807) is 18.2 Å². The fraction of sp³-hybridized carbons (Fsp3) is 0.316. The van der Waals surface area contributed by atoms with Crippen molar-refractivity contribution < 1.29 is 13.2 Å². The van der Waals surface area contributed by atoms with E-state index in [-0.39, 0.29) is 10.6 Å². The number of para-hydroxylation sites is 2. The van der Waals surface area contributed by atoms with Crippen molar-refractivity contribution in [2.45, 2.75) is 24.3 Å². The maximum absolute atomic E-state index is 12.2. The normalized spacial score (nSPS) is 16.2. The molecule has 3 rings (SSSR count). The summed E-state index contributed by atoms with van der Waals surface area (Å²) in [5.74, 6) is 0. The molecule has 1 unspecified atom stereocenters. The van der Waals surface area contributed by atoms with E-state index in [9.17, 15) is 13.2 Å². The Kier molecular flexibility index (Phi) is 5.18. The van der Waals surface area contributed by atoms with Crippen LogP contribution in [0.15, 0.2) is 53.4 Å². The molecule has 0 fully saturated rings. The fourth-order valence-electron chi connectivity index (χ4n) is 3.32. The maximum Gasteiger partial charge on any atom is 0.319 e. The monoisotopic (exact) mass is 373 g/mol. The van der Waals surface area contributed by atoms with Gasteiger partial charge in [-0.05, 0) is 37.1 Å². The summed E-state index contributed by atoms with van der Waals surface area (Å²) in [7, 11) is -3.40. The first-order chi connectivity index (χ1) is 12.4. The number of hydrogen-bond acceptors (Lipinski definition) is 4. The molecule has 0 aliphatic carbocycles. The zero-order valence-electron chi connectivity index (χ0n) is 14.9. The number of anilines is 2. The Labute approximate surface area is 154 Å². The molecule has 6 nitrogen and oxygen atoms in total. The largest absolute Gasteiger partial charge is 0.367 e. The molecule has 138 valence electrons. The summed E-state index contributed by atoms with van der Waals surface area (Å²) in [6.45, 7) is 3.33. The Morgan fingerprint density at radius 3 is 2.62 bits per heavy atom. The van der Waals surface area contributed by atoms with Crippen LogP contribution in [0.25, 0.3) is 0 Å². The van der Waals surface area contributed by atoms with Crippen LogP contribution in [0.4, 0.5) is 16.2 Å². The average Bonchev–Trinajstić information content (AvgIpc) is 2.90. The third-order valence-corrected chi connectivity index (χ3v) is 5.68. The Balaban J connectivity index is 1.58. The second-order valence-electron chi connectivity index (χ2n) is 6.52. The first kappa shape index (κ1) is 18.3. The molecule has 2 aromatic rings. The Bertz CT molecular complexity index is 912. The van der Waals surface area contributed by atoms with Crippen LogP contribution in [0.1, 0.15) is 12.5 Å².